The van der Waals surface area contributed by atoms with Gasteiger partial charge in [-0.25, -0.2) is 0 Å². The van der Waals surface area contributed by atoms with E-state index in [4.69, 9.17) is 10.00 Å². The first-order chi connectivity index (χ1) is 8.50. The summed E-state index contributed by atoms with van der Waals surface area (Å²) >= 11 is 0. The molecule has 0 unspecified atom stereocenters. The molecule has 0 fully saturated rings. The minimum absolute atomic E-state index is 0.220. The molecule has 0 aliphatic carbocycles. The fourth-order valence-corrected chi connectivity index (χ4v) is 1.37. The second-order valence-electron chi connectivity index (χ2n) is 4.61. The number of para-hydroxylation sites is 1. The summed E-state index contributed by atoms with van der Waals surface area (Å²) in [6.07, 6.45) is 0. The highest BCUT2D eigenvalue weighted by molar-refractivity contribution is 5.96. The van der Waals surface area contributed by atoms with Crippen LogP contribution in [0, 0.1) is 16.7 Å². The Balaban J connectivity index is 2.76. The van der Waals surface area contributed by atoms with Crippen LogP contribution in [0.3, 0.4) is 0 Å². The van der Waals surface area contributed by atoms with E-state index < -0.39 is 5.41 Å². The van der Waals surface area contributed by atoms with E-state index in [1.54, 1.807) is 32.0 Å². The van der Waals surface area contributed by atoms with Gasteiger partial charge in [0.1, 0.15) is 5.75 Å². The zero-order valence-corrected chi connectivity index (χ0v) is 11.0. The van der Waals surface area contributed by atoms with Crippen LogP contribution < -0.4 is 10.1 Å². The van der Waals surface area contributed by atoms with Gasteiger partial charge >= 0.3 is 0 Å². The zero-order chi connectivity index (χ0) is 13.6. The van der Waals surface area contributed by atoms with Crippen molar-refractivity contribution in [3.63, 3.8) is 0 Å². The normalized spacial score (nSPS) is 10.6. The van der Waals surface area contributed by atoms with Gasteiger partial charge in [-0.15, -0.1) is 0 Å². The second-order valence-corrected chi connectivity index (χ2v) is 4.61. The fraction of sp³-hybridized carbons (Fsp3) is 0.429. The summed E-state index contributed by atoms with van der Waals surface area (Å²) in [5, 5.41) is 11.6. The molecule has 0 heterocycles. The molecule has 96 valence electrons. The minimum atomic E-state index is -0.573. The fourth-order valence-electron chi connectivity index (χ4n) is 1.37. The van der Waals surface area contributed by atoms with Gasteiger partial charge in [0.25, 0.3) is 5.91 Å². The lowest BCUT2D eigenvalue weighted by Gasteiger charge is -2.16. The standard InChI is InChI=1S/C14H18N2O2/c1-4-18-12-8-6-5-7-11(12)13(17)16-10-14(2,3)9-15/h5-8H,4,10H2,1-3H3,(H,16,17). The molecule has 1 amide bonds. The molecule has 18 heavy (non-hydrogen) atoms. The number of benzene rings is 1. The van der Waals surface area contributed by atoms with Crippen LogP contribution in [0.4, 0.5) is 0 Å². The Morgan fingerprint density at radius 3 is 2.72 bits per heavy atom. The van der Waals surface area contributed by atoms with E-state index in [2.05, 4.69) is 11.4 Å². The zero-order valence-electron chi connectivity index (χ0n) is 11.0. The molecule has 4 heteroatoms. The van der Waals surface area contributed by atoms with Crippen molar-refractivity contribution in [1.82, 2.24) is 5.32 Å². The van der Waals surface area contributed by atoms with Crippen LogP contribution >= 0.6 is 0 Å². The van der Waals surface area contributed by atoms with Crippen molar-refractivity contribution in [2.45, 2.75) is 20.8 Å². The lowest BCUT2D eigenvalue weighted by atomic mass is 9.96. The average molecular weight is 246 g/mol. The number of nitrogens with zero attached hydrogens (tertiary/aromatic N) is 1. The largest absolute Gasteiger partial charge is 0.493 e. The first-order valence-corrected chi connectivity index (χ1v) is 5.91. The Morgan fingerprint density at radius 1 is 1.44 bits per heavy atom. The van der Waals surface area contributed by atoms with Gasteiger partial charge in [-0.2, -0.15) is 5.26 Å². The van der Waals surface area contributed by atoms with Gasteiger partial charge in [0.15, 0.2) is 0 Å². The van der Waals surface area contributed by atoms with Crippen molar-refractivity contribution < 1.29 is 9.53 Å². The van der Waals surface area contributed by atoms with E-state index in [1.165, 1.54) is 0 Å². The summed E-state index contributed by atoms with van der Waals surface area (Å²) in [5.74, 6) is 0.342. The Bertz CT molecular complexity index is 461. The van der Waals surface area contributed by atoms with E-state index in [1.807, 2.05) is 13.0 Å². The van der Waals surface area contributed by atoms with Gasteiger partial charge in [-0.05, 0) is 32.9 Å². The lowest BCUT2D eigenvalue weighted by Crippen LogP contribution is -2.33. The summed E-state index contributed by atoms with van der Waals surface area (Å²) in [4.78, 5) is 12.0. The van der Waals surface area contributed by atoms with Crippen molar-refractivity contribution in [3.8, 4) is 11.8 Å². The van der Waals surface area contributed by atoms with Crippen molar-refractivity contribution in [2.75, 3.05) is 13.2 Å². The summed E-state index contributed by atoms with van der Waals surface area (Å²) in [6, 6.07) is 9.21. The highest BCUT2D eigenvalue weighted by Crippen LogP contribution is 2.18. The third kappa shape index (κ3) is 3.77. The van der Waals surface area contributed by atoms with Crippen LogP contribution in [0.15, 0.2) is 24.3 Å². The Kier molecular flexibility index (Phi) is 4.73. The summed E-state index contributed by atoms with van der Waals surface area (Å²) in [7, 11) is 0. The van der Waals surface area contributed by atoms with Crippen LogP contribution in [0.1, 0.15) is 31.1 Å². The molecule has 0 aliphatic rings. The molecule has 0 atom stereocenters. The first kappa shape index (κ1) is 14.0. The summed E-state index contributed by atoms with van der Waals surface area (Å²) in [6.45, 7) is 6.24. The predicted molar refractivity (Wildman–Crippen MR) is 69.3 cm³/mol. The van der Waals surface area contributed by atoms with Gasteiger partial charge in [0.05, 0.1) is 23.7 Å². The second kappa shape index (κ2) is 6.06. The van der Waals surface area contributed by atoms with Gasteiger partial charge in [-0.3, -0.25) is 4.79 Å². The number of carbonyl (C=O) groups is 1. The molecule has 1 aromatic carbocycles. The minimum Gasteiger partial charge on any atom is -0.493 e. The predicted octanol–water partition coefficient (Wildman–Crippen LogP) is 2.36. The number of amides is 1. The number of rotatable bonds is 5. The molecule has 1 aromatic rings. The molecule has 0 aromatic heterocycles. The maximum atomic E-state index is 12.0. The number of nitriles is 1. The average Bonchev–Trinajstić information content (AvgIpc) is 2.37. The molecule has 1 N–H and O–H groups in total. The molecule has 0 bridgehead atoms. The number of ether oxygens (including phenoxy) is 1. The number of hydrogen-bond donors (Lipinski definition) is 1. The molecule has 0 radical (unpaired) electrons. The van der Waals surface area contributed by atoms with E-state index in [9.17, 15) is 4.79 Å². The van der Waals surface area contributed by atoms with E-state index in [-0.39, 0.29) is 5.91 Å². The molecule has 0 spiro atoms. The van der Waals surface area contributed by atoms with E-state index in [0.717, 1.165) is 0 Å². The van der Waals surface area contributed by atoms with Gasteiger partial charge in [0.2, 0.25) is 0 Å². The highest BCUT2D eigenvalue weighted by Gasteiger charge is 2.19. The Morgan fingerprint density at radius 2 is 2.11 bits per heavy atom. The lowest BCUT2D eigenvalue weighted by molar-refractivity contribution is 0.0940. The van der Waals surface area contributed by atoms with Crippen LogP contribution in [0.25, 0.3) is 0 Å². The molecule has 1 rings (SSSR count). The van der Waals surface area contributed by atoms with Crippen LogP contribution in [0.2, 0.25) is 0 Å². The van der Waals surface area contributed by atoms with Gasteiger partial charge in [0, 0.05) is 6.54 Å². The van der Waals surface area contributed by atoms with Crippen LogP contribution in [-0.4, -0.2) is 19.1 Å². The number of nitrogens with one attached hydrogen (secondary N) is 1. The molecule has 4 nitrogen and oxygen atoms in total. The molecular weight excluding hydrogens is 228 g/mol. The number of hydrogen-bond acceptors (Lipinski definition) is 3. The van der Waals surface area contributed by atoms with Crippen LogP contribution in [0.5, 0.6) is 5.75 Å². The van der Waals surface area contributed by atoms with Crippen molar-refractivity contribution in [1.29, 1.82) is 5.26 Å². The highest BCUT2D eigenvalue weighted by atomic mass is 16.5. The molecule has 0 aliphatic heterocycles. The van der Waals surface area contributed by atoms with E-state index in [0.29, 0.717) is 24.5 Å². The third-order valence-corrected chi connectivity index (χ3v) is 2.43. The van der Waals surface area contributed by atoms with Crippen LogP contribution in [-0.2, 0) is 0 Å². The van der Waals surface area contributed by atoms with Crippen molar-refractivity contribution in [3.05, 3.63) is 29.8 Å². The Hall–Kier alpha value is -2.02. The first-order valence-electron chi connectivity index (χ1n) is 5.91. The maximum absolute atomic E-state index is 12.0. The Labute approximate surface area is 108 Å². The van der Waals surface area contributed by atoms with Crippen molar-refractivity contribution >= 4 is 5.91 Å². The molecule has 0 saturated heterocycles. The topological polar surface area (TPSA) is 62.1 Å². The monoisotopic (exact) mass is 246 g/mol. The maximum Gasteiger partial charge on any atom is 0.255 e. The van der Waals surface area contributed by atoms with Gasteiger partial charge in [-0.1, -0.05) is 12.1 Å². The van der Waals surface area contributed by atoms with E-state index >= 15 is 0 Å². The smallest absolute Gasteiger partial charge is 0.255 e. The SMILES string of the molecule is CCOc1ccccc1C(=O)NCC(C)(C)C#N. The summed E-state index contributed by atoms with van der Waals surface area (Å²) in [5.41, 5.74) is -0.0796. The third-order valence-electron chi connectivity index (χ3n) is 2.43. The van der Waals surface area contributed by atoms with Gasteiger partial charge < -0.3 is 10.1 Å². The molecular formula is C14H18N2O2. The summed E-state index contributed by atoms with van der Waals surface area (Å²) < 4.78 is 5.39. The number of carbonyl (C=O) groups excluding carboxylic acids is 1. The quantitative estimate of drug-likeness (QED) is 0.867. The van der Waals surface area contributed by atoms with Crippen molar-refractivity contribution in [2.24, 2.45) is 5.41 Å². The molecule has 0 saturated carbocycles.